The minimum absolute atomic E-state index is 0.00205. The van der Waals surface area contributed by atoms with Crippen molar-refractivity contribution in [1.29, 1.82) is 0 Å². The fourth-order valence-electron chi connectivity index (χ4n) is 3.91. The fourth-order valence-corrected chi connectivity index (χ4v) is 4.11. The number of aromatic nitrogens is 2. The summed E-state index contributed by atoms with van der Waals surface area (Å²) in [7, 11) is 0. The van der Waals surface area contributed by atoms with Gasteiger partial charge in [0.1, 0.15) is 0 Å². The van der Waals surface area contributed by atoms with Gasteiger partial charge in [-0.2, -0.15) is 0 Å². The molecule has 1 atom stereocenters. The summed E-state index contributed by atoms with van der Waals surface area (Å²) in [6, 6.07) is 17.9. The van der Waals surface area contributed by atoms with Gasteiger partial charge in [-0.15, -0.1) is 0 Å². The molecule has 5 heteroatoms. The van der Waals surface area contributed by atoms with Crippen molar-refractivity contribution < 1.29 is 4.79 Å². The Morgan fingerprint density at radius 2 is 1.93 bits per heavy atom. The maximum absolute atomic E-state index is 12.9. The Balaban J connectivity index is 1.65. The summed E-state index contributed by atoms with van der Waals surface area (Å²) < 4.78 is 0. The zero-order valence-electron chi connectivity index (χ0n) is 16.9. The van der Waals surface area contributed by atoms with E-state index in [4.69, 9.17) is 11.6 Å². The van der Waals surface area contributed by atoms with Gasteiger partial charge in [0.2, 0.25) is 5.91 Å². The molecule has 4 aromatic rings. The van der Waals surface area contributed by atoms with E-state index in [1.54, 1.807) is 12.4 Å². The van der Waals surface area contributed by atoms with Crippen molar-refractivity contribution in [2.24, 2.45) is 0 Å². The number of carbonyl (C=O) groups is 1. The van der Waals surface area contributed by atoms with Crippen LogP contribution in [0.25, 0.3) is 10.9 Å². The number of hydrogen-bond donors (Lipinski definition) is 2. The number of aryl methyl sites for hydroxylation is 1. The van der Waals surface area contributed by atoms with E-state index in [1.165, 1.54) is 5.56 Å². The second-order valence-corrected chi connectivity index (χ2v) is 7.82. The van der Waals surface area contributed by atoms with Gasteiger partial charge in [0.05, 0.1) is 0 Å². The number of rotatable bonds is 7. The number of H-pyrrole nitrogens is 1. The van der Waals surface area contributed by atoms with Crippen LogP contribution in [0.1, 0.15) is 41.5 Å². The molecular formula is C25H24ClN3O. The number of nitrogens with zero attached hydrogens (tertiary/aromatic N) is 1. The second kappa shape index (κ2) is 9.14. The molecule has 0 radical (unpaired) electrons. The molecular weight excluding hydrogens is 394 g/mol. The van der Waals surface area contributed by atoms with Gasteiger partial charge >= 0.3 is 0 Å². The molecule has 0 saturated heterocycles. The van der Waals surface area contributed by atoms with Gasteiger partial charge in [0, 0.05) is 53.4 Å². The normalized spacial score (nSPS) is 12.1. The van der Waals surface area contributed by atoms with E-state index in [9.17, 15) is 4.79 Å². The van der Waals surface area contributed by atoms with E-state index in [2.05, 4.69) is 40.4 Å². The van der Waals surface area contributed by atoms with Gasteiger partial charge in [-0.1, -0.05) is 48.9 Å². The number of halogens is 1. The number of nitrogens with one attached hydrogen (secondary N) is 2. The molecule has 2 aromatic heterocycles. The lowest BCUT2D eigenvalue weighted by Gasteiger charge is -2.18. The standard InChI is InChI=1S/C25H24ClN3O/c1-2-18-5-4-8-21-23(16-29-25(18)21)22(19-6-3-7-20(26)13-19)14-24(30)28-15-17-9-11-27-12-10-17/h3-13,16,22,29H,2,14-15H2,1H3,(H,28,30). The maximum Gasteiger partial charge on any atom is 0.221 e. The zero-order chi connectivity index (χ0) is 20.9. The molecule has 0 spiro atoms. The number of aromatic amines is 1. The molecule has 2 heterocycles. The van der Waals surface area contributed by atoms with Crippen LogP contribution in [0, 0.1) is 0 Å². The zero-order valence-corrected chi connectivity index (χ0v) is 17.6. The van der Waals surface area contributed by atoms with Crippen LogP contribution in [0.4, 0.5) is 0 Å². The lowest BCUT2D eigenvalue weighted by atomic mass is 9.87. The van der Waals surface area contributed by atoms with Gasteiger partial charge in [0.25, 0.3) is 0 Å². The summed E-state index contributed by atoms with van der Waals surface area (Å²) in [6.45, 7) is 2.63. The minimum atomic E-state index is -0.0954. The Hall–Kier alpha value is -3.11. The number of pyridine rings is 1. The van der Waals surface area contributed by atoms with Crippen molar-refractivity contribution in [2.75, 3.05) is 0 Å². The van der Waals surface area contributed by atoms with Crippen LogP contribution in [0.15, 0.2) is 73.2 Å². The van der Waals surface area contributed by atoms with Crippen LogP contribution in [0.3, 0.4) is 0 Å². The number of fused-ring (bicyclic) bond motifs is 1. The smallest absolute Gasteiger partial charge is 0.221 e. The summed E-state index contributed by atoms with van der Waals surface area (Å²) in [4.78, 5) is 20.3. The average Bonchev–Trinajstić information content (AvgIpc) is 3.21. The second-order valence-electron chi connectivity index (χ2n) is 7.38. The highest BCUT2D eigenvalue weighted by Gasteiger charge is 2.22. The SMILES string of the molecule is CCc1cccc2c(C(CC(=O)NCc3ccncc3)c3cccc(Cl)c3)c[nH]c12. The van der Waals surface area contributed by atoms with Gasteiger partial charge in [-0.05, 0) is 52.9 Å². The summed E-state index contributed by atoms with van der Waals surface area (Å²) in [5, 5.41) is 4.86. The van der Waals surface area contributed by atoms with Crippen molar-refractivity contribution in [3.63, 3.8) is 0 Å². The van der Waals surface area contributed by atoms with E-state index >= 15 is 0 Å². The van der Waals surface area contributed by atoms with E-state index in [0.29, 0.717) is 18.0 Å². The van der Waals surface area contributed by atoms with Crippen molar-refractivity contribution in [1.82, 2.24) is 15.3 Å². The molecule has 2 aromatic carbocycles. The first-order valence-electron chi connectivity index (χ1n) is 10.2. The number of para-hydroxylation sites is 1. The molecule has 152 valence electrons. The number of hydrogen-bond acceptors (Lipinski definition) is 2. The fraction of sp³-hybridized carbons (Fsp3) is 0.200. The summed E-state index contributed by atoms with van der Waals surface area (Å²) in [6.07, 6.45) is 6.78. The van der Waals surface area contributed by atoms with Crippen molar-refractivity contribution in [3.8, 4) is 0 Å². The largest absolute Gasteiger partial charge is 0.361 e. The number of benzene rings is 2. The molecule has 1 unspecified atom stereocenters. The first-order chi connectivity index (χ1) is 14.7. The molecule has 0 aliphatic rings. The Kier molecular flexibility index (Phi) is 6.15. The highest BCUT2D eigenvalue weighted by atomic mass is 35.5. The van der Waals surface area contributed by atoms with Crippen molar-refractivity contribution in [3.05, 3.63) is 100 Å². The van der Waals surface area contributed by atoms with E-state index in [-0.39, 0.29) is 11.8 Å². The molecule has 2 N–H and O–H groups in total. The predicted molar refractivity (Wildman–Crippen MR) is 122 cm³/mol. The van der Waals surface area contributed by atoms with Gasteiger partial charge < -0.3 is 10.3 Å². The third kappa shape index (κ3) is 4.39. The molecule has 0 saturated carbocycles. The van der Waals surface area contributed by atoms with Crippen LogP contribution < -0.4 is 5.32 Å². The Bertz CT molecular complexity index is 1150. The first kappa shape index (κ1) is 20.2. The molecule has 30 heavy (non-hydrogen) atoms. The van der Waals surface area contributed by atoms with Crippen LogP contribution in [0.5, 0.6) is 0 Å². The Labute approximate surface area is 181 Å². The maximum atomic E-state index is 12.9. The molecule has 0 aliphatic carbocycles. The quantitative estimate of drug-likeness (QED) is 0.410. The molecule has 0 aliphatic heterocycles. The number of carbonyl (C=O) groups excluding carboxylic acids is 1. The van der Waals surface area contributed by atoms with Crippen molar-refractivity contribution >= 4 is 28.4 Å². The first-order valence-corrected chi connectivity index (χ1v) is 10.5. The van der Waals surface area contributed by atoms with Crippen LogP contribution >= 0.6 is 11.6 Å². The molecule has 0 bridgehead atoms. The Morgan fingerprint density at radius 3 is 2.70 bits per heavy atom. The topological polar surface area (TPSA) is 57.8 Å². The molecule has 1 amide bonds. The predicted octanol–water partition coefficient (Wildman–Crippen LogP) is 5.62. The lowest BCUT2D eigenvalue weighted by molar-refractivity contribution is -0.121. The highest BCUT2D eigenvalue weighted by Crippen LogP contribution is 2.35. The number of amides is 1. The van der Waals surface area contributed by atoms with Gasteiger partial charge in [0.15, 0.2) is 0 Å². The van der Waals surface area contributed by atoms with E-state index < -0.39 is 0 Å². The molecule has 4 rings (SSSR count). The van der Waals surface area contributed by atoms with Crippen molar-refractivity contribution in [2.45, 2.75) is 32.2 Å². The highest BCUT2D eigenvalue weighted by molar-refractivity contribution is 6.30. The molecule has 4 nitrogen and oxygen atoms in total. The van der Waals surface area contributed by atoms with Crippen LogP contribution in [0.2, 0.25) is 5.02 Å². The van der Waals surface area contributed by atoms with Crippen LogP contribution in [-0.2, 0) is 17.8 Å². The monoisotopic (exact) mass is 417 g/mol. The minimum Gasteiger partial charge on any atom is -0.361 e. The third-order valence-electron chi connectivity index (χ3n) is 5.47. The lowest BCUT2D eigenvalue weighted by Crippen LogP contribution is -2.25. The average molecular weight is 418 g/mol. The van der Waals surface area contributed by atoms with E-state index in [1.807, 2.05) is 42.6 Å². The van der Waals surface area contributed by atoms with E-state index in [0.717, 1.165) is 34.0 Å². The third-order valence-corrected chi connectivity index (χ3v) is 5.70. The van der Waals surface area contributed by atoms with Gasteiger partial charge in [-0.3, -0.25) is 9.78 Å². The molecule has 0 fully saturated rings. The van der Waals surface area contributed by atoms with Crippen LogP contribution in [-0.4, -0.2) is 15.9 Å². The summed E-state index contributed by atoms with van der Waals surface area (Å²) >= 11 is 6.28. The Morgan fingerprint density at radius 1 is 1.13 bits per heavy atom. The van der Waals surface area contributed by atoms with Gasteiger partial charge in [-0.25, -0.2) is 0 Å². The summed E-state index contributed by atoms with van der Waals surface area (Å²) in [5.74, 6) is -0.0974. The summed E-state index contributed by atoms with van der Waals surface area (Å²) in [5.41, 5.74) is 5.58.